The molecule has 144 valence electrons. The third-order valence-corrected chi connectivity index (χ3v) is 3.43. The summed E-state index contributed by atoms with van der Waals surface area (Å²) in [6.45, 7) is 10.0. The summed E-state index contributed by atoms with van der Waals surface area (Å²) in [5, 5.41) is 0. The molecular weight excluding hydrogens is 314 g/mol. The van der Waals surface area contributed by atoms with E-state index in [1.165, 1.54) is 0 Å². The zero-order valence-corrected chi connectivity index (χ0v) is 14.8. The molecule has 0 aromatic carbocycles. The fourth-order valence-corrected chi connectivity index (χ4v) is 1.66. The van der Waals surface area contributed by atoms with Gasteiger partial charge in [-0.25, -0.2) is 0 Å². The van der Waals surface area contributed by atoms with Crippen molar-refractivity contribution in [1.82, 2.24) is 0 Å². The molecule has 0 aromatic rings. The molecule has 24 heavy (non-hydrogen) atoms. The van der Waals surface area contributed by atoms with E-state index < -0.39 is 0 Å². The first-order chi connectivity index (χ1) is 11.7. The van der Waals surface area contributed by atoms with Crippen molar-refractivity contribution in [2.75, 3.05) is 85.7 Å². The second kappa shape index (κ2) is 17.2. The maximum absolute atomic E-state index is 5.68. The van der Waals surface area contributed by atoms with Crippen molar-refractivity contribution >= 4 is 0 Å². The highest BCUT2D eigenvalue weighted by Crippen LogP contribution is 2.11. The minimum Gasteiger partial charge on any atom is -0.378 e. The van der Waals surface area contributed by atoms with E-state index in [-0.39, 0.29) is 5.41 Å². The van der Waals surface area contributed by atoms with Crippen molar-refractivity contribution in [3.8, 4) is 0 Å². The Labute approximate surface area is 145 Å². The summed E-state index contributed by atoms with van der Waals surface area (Å²) >= 11 is 0. The SMILES string of the molecule is C=CCOCCOCCOCCOCCOCC(CN)(CN)CN. The van der Waals surface area contributed by atoms with Crippen LogP contribution in [0.25, 0.3) is 0 Å². The number of rotatable bonds is 19. The Hall–Kier alpha value is -0.580. The molecule has 8 nitrogen and oxygen atoms in total. The van der Waals surface area contributed by atoms with Crippen molar-refractivity contribution in [1.29, 1.82) is 0 Å². The molecule has 0 rings (SSSR count). The van der Waals surface area contributed by atoms with Crippen molar-refractivity contribution in [3.63, 3.8) is 0 Å². The first-order valence-corrected chi connectivity index (χ1v) is 8.34. The van der Waals surface area contributed by atoms with E-state index in [1.54, 1.807) is 6.08 Å². The molecule has 0 heterocycles. The minimum absolute atomic E-state index is 0.333. The van der Waals surface area contributed by atoms with Gasteiger partial charge in [-0.2, -0.15) is 0 Å². The molecule has 0 spiro atoms. The van der Waals surface area contributed by atoms with Crippen LogP contribution in [0, 0.1) is 5.41 Å². The lowest BCUT2D eigenvalue weighted by atomic mass is 9.89. The van der Waals surface area contributed by atoms with Crippen molar-refractivity contribution in [2.24, 2.45) is 22.6 Å². The number of hydrogen-bond acceptors (Lipinski definition) is 8. The Kier molecular flexibility index (Phi) is 16.8. The Bertz CT molecular complexity index is 270. The smallest absolute Gasteiger partial charge is 0.0704 e. The maximum atomic E-state index is 5.68. The van der Waals surface area contributed by atoms with Gasteiger partial charge in [-0.15, -0.1) is 6.58 Å². The van der Waals surface area contributed by atoms with Crippen LogP contribution in [0.3, 0.4) is 0 Å². The van der Waals surface area contributed by atoms with Gasteiger partial charge in [0.1, 0.15) is 0 Å². The topological polar surface area (TPSA) is 124 Å². The highest BCUT2D eigenvalue weighted by molar-refractivity contribution is 4.82. The van der Waals surface area contributed by atoms with Gasteiger partial charge in [-0.05, 0) is 0 Å². The fraction of sp³-hybridized carbons (Fsp3) is 0.875. The van der Waals surface area contributed by atoms with Crippen LogP contribution in [0.1, 0.15) is 0 Å². The Morgan fingerprint density at radius 3 is 1.38 bits per heavy atom. The van der Waals surface area contributed by atoms with Crippen molar-refractivity contribution < 1.29 is 23.7 Å². The standard InChI is InChI=1S/C16H35N3O5/c1-2-3-20-4-5-21-6-7-22-8-9-23-10-11-24-15-16(12-17,13-18)14-19/h2H,1,3-15,17-19H2. The van der Waals surface area contributed by atoms with Gasteiger partial charge in [0.2, 0.25) is 0 Å². The summed E-state index contributed by atoms with van der Waals surface area (Å²) in [6, 6.07) is 0. The Balaban J connectivity index is 3.24. The molecule has 0 aromatic heterocycles. The lowest BCUT2D eigenvalue weighted by Gasteiger charge is -2.28. The zero-order valence-electron chi connectivity index (χ0n) is 14.8. The molecule has 0 radical (unpaired) electrons. The van der Waals surface area contributed by atoms with E-state index >= 15 is 0 Å². The summed E-state index contributed by atoms with van der Waals surface area (Å²) in [5.41, 5.74) is 16.7. The lowest BCUT2D eigenvalue weighted by molar-refractivity contribution is -0.0180. The molecule has 0 fully saturated rings. The number of hydrogen-bond donors (Lipinski definition) is 3. The van der Waals surface area contributed by atoms with Gasteiger partial charge in [-0.3, -0.25) is 0 Å². The van der Waals surface area contributed by atoms with Crippen LogP contribution in [-0.2, 0) is 23.7 Å². The van der Waals surface area contributed by atoms with Crippen LogP contribution in [-0.4, -0.2) is 85.7 Å². The quantitative estimate of drug-likeness (QED) is 0.203. The van der Waals surface area contributed by atoms with Crippen LogP contribution in [0.4, 0.5) is 0 Å². The average molecular weight is 349 g/mol. The van der Waals surface area contributed by atoms with E-state index in [2.05, 4.69) is 6.58 Å². The molecule has 0 amide bonds. The molecule has 0 aliphatic carbocycles. The molecule has 0 bridgehead atoms. The molecular formula is C16H35N3O5. The largest absolute Gasteiger partial charge is 0.378 e. The van der Waals surface area contributed by atoms with Crippen molar-refractivity contribution in [3.05, 3.63) is 12.7 Å². The van der Waals surface area contributed by atoms with Gasteiger partial charge in [-0.1, -0.05) is 6.08 Å². The van der Waals surface area contributed by atoms with Gasteiger partial charge in [0, 0.05) is 25.0 Å². The Morgan fingerprint density at radius 1 is 0.625 bits per heavy atom. The fourth-order valence-electron chi connectivity index (χ4n) is 1.66. The first kappa shape index (κ1) is 23.4. The zero-order chi connectivity index (χ0) is 17.9. The monoisotopic (exact) mass is 349 g/mol. The van der Waals surface area contributed by atoms with E-state index in [9.17, 15) is 0 Å². The predicted molar refractivity (Wildman–Crippen MR) is 93.9 cm³/mol. The van der Waals surface area contributed by atoms with E-state index in [0.717, 1.165) is 0 Å². The van der Waals surface area contributed by atoms with E-state index in [4.69, 9.17) is 40.9 Å². The van der Waals surface area contributed by atoms with Gasteiger partial charge >= 0.3 is 0 Å². The molecule has 8 heteroatoms. The third kappa shape index (κ3) is 12.8. The third-order valence-electron chi connectivity index (χ3n) is 3.43. The summed E-state index contributed by atoms with van der Waals surface area (Å²) in [6.07, 6.45) is 1.71. The summed E-state index contributed by atoms with van der Waals surface area (Å²) in [7, 11) is 0. The molecule has 0 saturated carbocycles. The average Bonchev–Trinajstić information content (AvgIpc) is 2.62. The number of nitrogens with two attached hydrogens (primary N) is 3. The maximum Gasteiger partial charge on any atom is 0.0704 e. The molecule has 0 unspecified atom stereocenters. The lowest BCUT2D eigenvalue weighted by Crippen LogP contribution is -2.47. The number of ether oxygens (including phenoxy) is 5. The molecule has 0 saturated heterocycles. The highest BCUT2D eigenvalue weighted by Gasteiger charge is 2.25. The molecule has 6 N–H and O–H groups in total. The Morgan fingerprint density at radius 2 is 1.00 bits per heavy atom. The predicted octanol–water partition coefficient (Wildman–Crippen LogP) is -0.882. The van der Waals surface area contributed by atoms with Gasteiger partial charge in [0.05, 0.1) is 66.1 Å². The summed E-state index contributed by atoms with van der Waals surface area (Å²) in [4.78, 5) is 0. The minimum atomic E-state index is -0.333. The second-order valence-corrected chi connectivity index (χ2v) is 5.37. The summed E-state index contributed by atoms with van der Waals surface area (Å²) in [5.74, 6) is 0. The second-order valence-electron chi connectivity index (χ2n) is 5.37. The summed E-state index contributed by atoms with van der Waals surface area (Å²) < 4.78 is 26.8. The van der Waals surface area contributed by atoms with E-state index in [1.807, 2.05) is 0 Å². The van der Waals surface area contributed by atoms with Gasteiger partial charge in [0.15, 0.2) is 0 Å². The molecule has 0 atom stereocenters. The normalized spacial score (nSPS) is 11.8. The van der Waals surface area contributed by atoms with Gasteiger partial charge in [0.25, 0.3) is 0 Å². The van der Waals surface area contributed by atoms with Crippen LogP contribution in [0.5, 0.6) is 0 Å². The first-order valence-electron chi connectivity index (χ1n) is 8.34. The molecule has 0 aliphatic heterocycles. The van der Waals surface area contributed by atoms with Crippen LogP contribution < -0.4 is 17.2 Å². The van der Waals surface area contributed by atoms with Crippen LogP contribution in [0.2, 0.25) is 0 Å². The van der Waals surface area contributed by atoms with Gasteiger partial charge < -0.3 is 40.9 Å². The van der Waals surface area contributed by atoms with Crippen molar-refractivity contribution in [2.45, 2.75) is 0 Å². The highest BCUT2D eigenvalue weighted by atomic mass is 16.6. The van der Waals surface area contributed by atoms with Crippen LogP contribution >= 0.6 is 0 Å². The van der Waals surface area contributed by atoms with Crippen LogP contribution in [0.15, 0.2) is 12.7 Å². The molecule has 0 aliphatic rings. The van der Waals surface area contributed by atoms with E-state index in [0.29, 0.717) is 85.7 Å².